The molecule has 0 saturated heterocycles. The number of carbonyl (C=O) groups is 1. The Hall–Kier alpha value is -3.95. The normalized spacial score (nSPS) is 10.4. The molecule has 7 heteroatoms. The van der Waals surface area contributed by atoms with E-state index in [0.29, 0.717) is 33.4 Å². The van der Waals surface area contributed by atoms with Crippen molar-refractivity contribution in [1.82, 2.24) is 20.3 Å². The Morgan fingerprint density at radius 3 is 2.77 bits per heavy atom. The highest BCUT2D eigenvalue weighted by Gasteiger charge is 2.15. The fraction of sp³-hybridized carbons (Fsp3) is 0.0435. The number of halogens is 1. The summed E-state index contributed by atoms with van der Waals surface area (Å²) in [6.07, 6.45) is 8.64. The number of hydrogen-bond acceptors (Lipinski definition) is 5. The highest BCUT2D eigenvalue weighted by Crippen LogP contribution is 2.30. The predicted octanol–water partition coefficient (Wildman–Crippen LogP) is 4.45. The highest BCUT2D eigenvalue weighted by atomic mass is 35.5. The molecule has 0 unspecified atom stereocenters. The lowest BCUT2D eigenvalue weighted by Crippen LogP contribution is -2.24. The number of nitrogens with one attached hydrogen (secondary N) is 2. The molecule has 2 heterocycles. The first-order valence-corrected chi connectivity index (χ1v) is 9.49. The van der Waals surface area contributed by atoms with Crippen LogP contribution in [0.3, 0.4) is 0 Å². The predicted molar refractivity (Wildman–Crippen MR) is 119 cm³/mol. The molecule has 2 N–H and O–H groups in total. The minimum Gasteiger partial charge on any atom is -0.341 e. The maximum absolute atomic E-state index is 12.5. The van der Waals surface area contributed by atoms with Crippen LogP contribution in [-0.2, 0) is 0 Å². The van der Waals surface area contributed by atoms with Gasteiger partial charge in [0.2, 0.25) is 0 Å². The van der Waals surface area contributed by atoms with E-state index >= 15 is 0 Å². The molecule has 0 aliphatic heterocycles. The van der Waals surface area contributed by atoms with Gasteiger partial charge in [0, 0.05) is 28.4 Å². The van der Waals surface area contributed by atoms with Crippen LogP contribution in [0, 0.1) is 12.3 Å². The summed E-state index contributed by atoms with van der Waals surface area (Å²) < 4.78 is 0. The first kappa shape index (κ1) is 19.4. The van der Waals surface area contributed by atoms with Crippen molar-refractivity contribution in [3.63, 3.8) is 0 Å². The van der Waals surface area contributed by atoms with Crippen molar-refractivity contribution in [2.75, 3.05) is 11.9 Å². The van der Waals surface area contributed by atoms with Crippen LogP contribution in [0.5, 0.6) is 0 Å². The minimum absolute atomic E-state index is 0.143. The Morgan fingerprint density at radius 1 is 1.10 bits per heavy atom. The Kier molecular flexibility index (Phi) is 5.55. The fourth-order valence-corrected chi connectivity index (χ4v) is 3.14. The lowest BCUT2D eigenvalue weighted by atomic mass is 10.1. The molecule has 2 aromatic carbocycles. The van der Waals surface area contributed by atoms with E-state index in [2.05, 4.69) is 31.5 Å². The average molecular weight is 414 g/mol. The number of carbonyl (C=O) groups excluding carboxylic acids is 1. The van der Waals surface area contributed by atoms with E-state index in [1.165, 1.54) is 0 Å². The van der Waals surface area contributed by atoms with Crippen molar-refractivity contribution < 1.29 is 4.79 Å². The van der Waals surface area contributed by atoms with Crippen LogP contribution in [0.25, 0.3) is 22.3 Å². The number of fused-ring (bicyclic) bond motifs is 1. The summed E-state index contributed by atoms with van der Waals surface area (Å²) in [5.41, 5.74) is 2.52. The second kappa shape index (κ2) is 8.60. The molecule has 4 aromatic rings. The van der Waals surface area contributed by atoms with E-state index in [-0.39, 0.29) is 12.5 Å². The molecule has 0 aliphatic rings. The Morgan fingerprint density at radius 2 is 1.97 bits per heavy atom. The van der Waals surface area contributed by atoms with Crippen LogP contribution in [0.2, 0.25) is 5.02 Å². The molecule has 0 fully saturated rings. The van der Waals surface area contributed by atoms with Gasteiger partial charge in [-0.3, -0.25) is 9.78 Å². The molecule has 0 spiro atoms. The number of amides is 1. The van der Waals surface area contributed by atoms with Gasteiger partial charge in [0.1, 0.15) is 5.82 Å². The van der Waals surface area contributed by atoms with Crippen molar-refractivity contribution in [2.24, 2.45) is 0 Å². The molecule has 1 amide bonds. The van der Waals surface area contributed by atoms with Crippen molar-refractivity contribution in [3.05, 3.63) is 77.6 Å². The molecule has 30 heavy (non-hydrogen) atoms. The number of para-hydroxylation sites is 1. The van der Waals surface area contributed by atoms with Crippen LogP contribution < -0.4 is 10.6 Å². The van der Waals surface area contributed by atoms with Crippen LogP contribution >= 0.6 is 11.6 Å². The van der Waals surface area contributed by atoms with Gasteiger partial charge in [0.15, 0.2) is 5.82 Å². The van der Waals surface area contributed by atoms with Gasteiger partial charge < -0.3 is 10.6 Å². The largest absolute Gasteiger partial charge is 0.341 e. The summed E-state index contributed by atoms with van der Waals surface area (Å²) in [6, 6.07) is 16.2. The fourth-order valence-electron chi connectivity index (χ4n) is 2.96. The van der Waals surface area contributed by atoms with Gasteiger partial charge in [-0.05, 0) is 42.5 Å². The zero-order valence-electron chi connectivity index (χ0n) is 15.8. The van der Waals surface area contributed by atoms with Gasteiger partial charge in [-0.25, -0.2) is 9.97 Å². The monoisotopic (exact) mass is 413 g/mol. The lowest BCUT2D eigenvalue weighted by molar-refractivity contribution is 0.0959. The van der Waals surface area contributed by atoms with Crippen LogP contribution in [-0.4, -0.2) is 27.4 Å². The number of pyridine rings is 1. The van der Waals surface area contributed by atoms with Gasteiger partial charge in [-0.1, -0.05) is 29.7 Å². The van der Waals surface area contributed by atoms with E-state index in [9.17, 15) is 4.79 Å². The van der Waals surface area contributed by atoms with Crippen molar-refractivity contribution in [1.29, 1.82) is 0 Å². The minimum atomic E-state index is -0.278. The maximum atomic E-state index is 12.5. The Labute approximate surface area is 178 Å². The number of hydrogen-bond donors (Lipinski definition) is 2. The molecular formula is C23H16ClN5O. The average Bonchev–Trinajstić information content (AvgIpc) is 2.78. The second-order valence-electron chi connectivity index (χ2n) is 6.36. The van der Waals surface area contributed by atoms with Gasteiger partial charge >= 0.3 is 0 Å². The third-order valence-corrected chi connectivity index (χ3v) is 4.59. The molecule has 0 atom stereocenters. The second-order valence-corrected chi connectivity index (χ2v) is 6.79. The van der Waals surface area contributed by atoms with Crippen molar-refractivity contribution in [2.45, 2.75) is 0 Å². The first-order valence-electron chi connectivity index (χ1n) is 9.11. The van der Waals surface area contributed by atoms with Gasteiger partial charge in [0.05, 0.1) is 23.3 Å². The highest BCUT2D eigenvalue weighted by molar-refractivity contribution is 6.31. The van der Waals surface area contributed by atoms with Crippen LogP contribution in [0.4, 0.5) is 11.5 Å². The van der Waals surface area contributed by atoms with Crippen LogP contribution in [0.1, 0.15) is 10.4 Å². The van der Waals surface area contributed by atoms with E-state index in [1.807, 2.05) is 24.3 Å². The molecule has 0 aliphatic carbocycles. The number of aromatic nitrogens is 3. The van der Waals surface area contributed by atoms with Gasteiger partial charge in [-0.2, -0.15) is 0 Å². The Bertz CT molecular complexity index is 1270. The summed E-state index contributed by atoms with van der Waals surface area (Å²) in [5.74, 6) is 3.16. The summed E-state index contributed by atoms with van der Waals surface area (Å²) >= 11 is 6.21. The molecule has 0 saturated carbocycles. The molecule has 4 rings (SSSR count). The molecule has 146 valence electrons. The number of anilines is 2. The topological polar surface area (TPSA) is 79.8 Å². The van der Waals surface area contributed by atoms with Crippen LogP contribution in [0.15, 0.2) is 67.0 Å². The summed E-state index contributed by atoms with van der Waals surface area (Å²) in [7, 11) is 0. The maximum Gasteiger partial charge on any atom is 0.254 e. The third kappa shape index (κ3) is 4.07. The molecule has 6 nitrogen and oxygen atoms in total. The number of nitrogens with zero attached hydrogens (tertiary/aromatic N) is 3. The van der Waals surface area contributed by atoms with Gasteiger partial charge in [0.25, 0.3) is 5.91 Å². The molecule has 2 aromatic heterocycles. The SMILES string of the molecule is C#CCNC(=O)c1ccccc1Nc1nc(-c2cccnc2)nc2ccc(Cl)cc12. The smallest absolute Gasteiger partial charge is 0.254 e. The molecule has 0 bridgehead atoms. The van der Waals surface area contributed by atoms with E-state index in [4.69, 9.17) is 18.0 Å². The Balaban J connectivity index is 1.82. The summed E-state index contributed by atoms with van der Waals surface area (Å²) in [6.45, 7) is 0.143. The van der Waals surface area contributed by atoms with Gasteiger partial charge in [-0.15, -0.1) is 6.42 Å². The lowest BCUT2D eigenvalue weighted by Gasteiger charge is -2.14. The third-order valence-electron chi connectivity index (χ3n) is 4.35. The van der Waals surface area contributed by atoms with Crippen molar-refractivity contribution in [3.8, 4) is 23.7 Å². The molecular weight excluding hydrogens is 398 g/mol. The van der Waals surface area contributed by atoms with Crippen molar-refractivity contribution >= 4 is 39.9 Å². The first-order chi connectivity index (χ1) is 14.7. The quantitative estimate of drug-likeness (QED) is 0.472. The number of terminal acetylenes is 1. The standard InChI is InChI=1S/C23H16ClN5O/c1-2-11-26-23(30)17-7-3-4-8-19(17)28-22-18-13-16(24)9-10-20(18)27-21(29-22)15-6-5-12-25-14-15/h1,3-10,12-14H,11H2,(H,26,30)(H,27,28,29). The summed E-state index contributed by atoms with van der Waals surface area (Å²) in [4.78, 5) is 26.0. The number of benzene rings is 2. The molecule has 0 radical (unpaired) electrons. The van der Waals surface area contributed by atoms with E-state index in [0.717, 1.165) is 10.9 Å². The number of rotatable bonds is 5. The summed E-state index contributed by atoms with van der Waals surface area (Å²) in [5, 5.41) is 7.24. The van der Waals surface area contributed by atoms with E-state index in [1.54, 1.807) is 42.7 Å². The zero-order chi connectivity index (χ0) is 20.9. The van der Waals surface area contributed by atoms with E-state index < -0.39 is 0 Å². The zero-order valence-corrected chi connectivity index (χ0v) is 16.5.